The second kappa shape index (κ2) is 9.16. The Labute approximate surface area is 192 Å². The highest BCUT2D eigenvalue weighted by Crippen LogP contribution is 2.50. The number of amides is 1. The molecule has 1 amide bonds. The lowest BCUT2D eigenvalue weighted by Crippen LogP contribution is -2.49. The van der Waals surface area contributed by atoms with Crippen LogP contribution in [0, 0.1) is 6.92 Å². The molecule has 1 aromatic heterocycles. The third kappa shape index (κ3) is 5.45. The van der Waals surface area contributed by atoms with E-state index in [1.807, 2.05) is 43.7 Å². The summed E-state index contributed by atoms with van der Waals surface area (Å²) >= 11 is 1.21. The topological polar surface area (TPSA) is 126 Å². The summed E-state index contributed by atoms with van der Waals surface area (Å²) in [6.07, 6.45) is 2.46. The SMILES string of the molecule is CCCCOC(=O)NS(=O)(=O)NC1(C)CC1(C)Nc1ncc(C(=O)c2ccccc2C)s1. The first-order valence-corrected chi connectivity index (χ1v) is 12.6. The van der Waals surface area contributed by atoms with E-state index < -0.39 is 27.4 Å². The van der Waals surface area contributed by atoms with E-state index in [1.165, 1.54) is 17.5 Å². The van der Waals surface area contributed by atoms with E-state index in [2.05, 4.69) is 15.0 Å². The second-order valence-corrected chi connectivity index (χ2v) is 10.8. The number of ether oxygens (including phenoxy) is 1. The monoisotopic (exact) mass is 480 g/mol. The maximum atomic E-state index is 12.8. The molecule has 0 aliphatic heterocycles. The zero-order valence-corrected chi connectivity index (χ0v) is 20.2. The zero-order valence-electron chi connectivity index (χ0n) is 18.5. The lowest BCUT2D eigenvalue weighted by Gasteiger charge is -2.21. The molecule has 11 heteroatoms. The van der Waals surface area contributed by atoms with Crippen molar-refractivity contribution in [2.24, 2.45) is 0 Å². The molecule has 0 bridgehead atoms. The molecule has 3 rings (SSSR count). The highest BCUT2D eigenvalue weighted by atomic mass is 32.2. The number of thiazole rings is 1. The number of unbranched alkanes of at least 4 members (excludes halogenated alkanes) is 1. The normalized spacial score (nSPS) is 22.2. The molecule has 1 aliphatic carbocycles. The summed E-state index contributed by atoms with van der Waals surface area (Å²) in [6, 6.07) is 7.35. The molecule has 0 saturated heterocycles. The average molecular weight is 481 g/mol. The van der Waals surface area contributed by atoms with Gasteiger partial charge in [0.1, 0.15) is 0 Å². The number of benzene rings is 1. The highest BCUT2D eigenvalue weighted by molar-refractivity contribution is 7.88. The molecule has 0 spiro atoms. The van der Waals surface area contributed by atoms with Crippen LogP contribution in [-0.4, -0.2) is 43.0 Å². The van der Waals surface area contributed by atoms with E-state index in [-0.39, 0.29) is 12.4 Å². The van der Waals surface area contributed by atoms with Crippen LogP contribution in [0.1, 0.15) is 60.8 Å². The number of carbonyl (C=O) groups is 2. The van der Waals surface area contributed by atoms with Crippen LogP contribution in [0.25, 0.3) is 0 Å². The summed E-state index contributed by atoms with van der Waals surface area (Å²) in [5, 5.41) is 3.74. The number of aromatic nitrogens is 1. The van der Waals surface area contributed by atoms with Crippen molar-refractivity contribution >= 4 is 38.6 Å². The van der Waals surface area contributed by atoms with Gasteiger partial charge in [-0.1, -0.05) is 48.9 Å². The fourth-order valence-corrected chi connectivity index (χ4v) is 5.52. The van der Waals surface area contributed by atoms with Crippen LogP contribution in [0.15, 0.2) is 30.5 Å². The van der Waals surface area contributed by atoms with Crippen LogP contribution in [0.2, 0.25) is 0 Å². The Balaban J connectivity index is 1.61. The molecule has 1 heterocycles. The van der Waals surface area contributed by atoms with Gasteiger partial charge >= 0.3 is 16.3 Å². The summed E-state index contributed by atoms with van der Waals surface area (Å²) in [6.45, 7) is 7.55. The average Bonchev–Trinajstić information content (AvgIpc) is 3.01. The third-order valence-electron chi connectivity index (χ3n) is 5.61. The molecule has 1 aromatic carbocycles. The van der Waals surface area contributed by atoms with Gasteiger partial charge in [0.05, 0.1) is 28.8 Å². The number of nitrogens with zero attached hydrogens (tertiary/aromatic N) is 1. The molecule has 174 valence electrons. The van der Waals surface area contributed by atoms with Crippen LogP contribution >= 0.6 is 11.3 Å². The maximum absolute atomic E-state index is 12.8. The Bertz CT molecular complexity index is 1120. The molecule has 1 saturated carbocycles. The molecular formula is C21H28N4O5S2. The number of rotatable bonds is 10. The molecule has 2 atom stereocenters. The molecule has 32 heavy (non-hydrogen) atoms. The van der Waals surface area contributed by atoms with Crippen LogP contribution in [0.3, 0.4) is 0 Å². The fourth-order valence-electron chi connectivity index (χ4n) is 3.40. The third-order valence-corrected chi connectivity index (χ3v) is 7.68. The van der Waals surface area contributed by atoms with Crippen molar-refractivity contribution in [1.82, 2.24) is 14.4 Å². The summed E-state index contributed by atoms with van der Waals surface area (Å²) in [5.41, 5.74) is 0.00964. The van der Waals surface area contributed by atoms with Gasteiger partial charge in [0.15, 0.2) is 5.13 Å². The van der Waals surface area contributed by atoms with Crippen molar-refractivity contribution in [2.45, 2.75) is 58.0 Å². The molecule has 9 nitrogen and oxygen atoms in total. The minimum Gasteiger partial charge on any atom is -0.449 e. The minimum absolute atomic E-state index is 0.108. The molecule has 3 N–H and O–H groups in total. The first-order chi connectivity index (χ1) is 15.0. The Morgan fingerprint density at radius 1 is 1.22 bits per heavy atom. The van der Waals surface area contributed by atoms with Gasteiger partial charge in [0, 0.05) is 5.56 Å². The van der Waals surface area contributed by atoms with Crippen LogP contribution in [-0.2, 0) is 14.9 Å². The van der Waals surface area contributed by atoms with E-state index in [0.717, 1.165) is 12.0 Å². The van der Waals surface area contributed by atoms with Gasteiger partial charge in [0.2, 0.25) is 5.78 Å². The standard InChI is InChI=1S/C21H28N4O5S2/c1-5-6-11-30-19(27)24-32(28,29)25-21(4)13-20(21,3)23-18-22-12-16(31-18)17(26)15-10-8-7-9-14(15)2/h7-10,12,25H,5-6,11,13H2,1-4H3,(H,22,23)(H,24,27). The number of hydrogen-bond donors (Lipinski definition) is 3. The van der Waals surface area contributed by atoms with Gasteiger partial charge in [-0.15, -0.1) is 0 Å². The predicted octanol–water partition coefficient (Wildman–Crippen LogP) is 3.38. The molecular weight excluding hydrogens is 452 g/mol. The number of ketones is 1. The van der Waals surface area contributed by atoms with Crippen molar-refractivity contribution in [3.8, 4) is 0 Å². The van der Waals surface area contributed by atoms with E-state index in [9.17, 15) is 18.0 Å². The Hall–Kier alpha value is -2.50. The first kappa shape index (κ1) is 24.1. The van der Waals surface area contributed by atoms with Gasteiger partial charge in [-0.05, 0) is 39.2 Å². The molecule has 0 radical (unpaired) electrons. The first-order valence-electron chi connectivity index (χ1n) is 10.3. The zero-order chi connectivity index (χ0) is 23.6. The predicted molar refractivity (Wildman–Crippen MR) is 123 cm³/mol. The molecule has 1 fully saturated rings. The highest BCUT2D eigenvalue weighted by Gasteiger charge is 2.63. The van der Waals surface area contributed by atoms with Crippen molar-refractivity contribution in [1.29, 1.82) is 0 Å². The Morgan fingerprint density at radius 3 is 2.62 bits per heavy atom. The van der Waals surface area contributed by atoms with Crippen molar-refractivity contribution in [3.63, 3.8) is 0 Å². The van der Waals surface area contributed by atoms with E-state index in [1.54, 1.807) is 13.0 Å². The quantitative estimate of drug-likeness (QED) is 0.351. The number of aryl methyl sites for hydroxylation is 1. The van der Waals surface area contributed by atoms with E-state index in [0.29, 0.717) is 28.4 Å². The van der Waals surface area contributed by atoms with Gasteiger partial charge in [0.25, 0.3) is 0 Å². The van der Waals surface area contributed by atoms with Gasteiger partial charge < -0.3 is 10.1 Å². The summed E-state index contributed by atoms with van der Waals surface area (Å²) < 4.78 is 33.9. The van der Waals surface area contributed by atoms with Crippen molar-refractivity contribution in [2.75, 3.05) is 11.9 Å². The maximum Gasteiger partial charge on any atom is 0.421 e. The van der Waals surface area contributed by atoms with E-state index >= 15 is 0 Å². The van der Waals surface area contributed by atoms with Crippen molar-refractivity contribution in [3.05, 3.63) is 46.5 Å². The van der Waals surface area contributed by atoms with Gasteiger partial charge in [-0.2, -0.15) is 13.1 Å². The fraction of sp³-hybridized carbons (Fsp3) is 0.476. The summed E-state index contributed by atoms with van der Waals surface area (Å²) in [4.78, 5) is 29.2. The Morgan fingerprint density at radius 2 is 1.94 bits per heavy atom. The van der Waals surface area contributed by atoms with Crippen LogP contribution in [0.5, 0.6) is 0 Å². The van der Waals surface area contributed by atoms with Crippen LogP contribution in [0.4, 0.5) is 9.93 Å². The summed E-state index contributed by atoms with van der Waals surface area (Å²) in [7, 11) is -4.11. The largest absolute Gasteiger partial charge is 0.449 e. The number of anilines is 1. The molecule has 2 aromatic rings. The van der Waals surface area contributed by atoms with Gasteiger partial charge in [-0.25, -0.2) is 14.5 Å². The minimum atomic E-state index is -4.11. The molecule has 2 unspecified atom stereocenters. The van der Waals surface area contributed by atoms with Crippen LogP contribution < -0.4 is 14.8 Å². The summed E-state index contributed by atoms with van der Waals surface area (Å²) in [5.74, 6) is -0.108. The molecule has 1 aliphatic rings. The lowest BCUT2D eigenvalue weighted by atomic mass is 10.0. The number of hydrogen-bond acceptors (Lipinski definition) is 8. The van der Waals surface area contributed by atoms with E-state index in [4.69, 9.17) is 4.74 Å². The van der Waals surface area contributed by atoms with Crippen molar-refractivity contribution < 1.29 is 22.7 Å². The van der Waals surface area contributed by atoms with Gasteiger partial charge in [-0.3, -0.25) is 4.79 Å². The smallest absolute Gasteiger partial charge is 0.421 e. The number of nitrogens with one attached hydrogen (secondary N) is 3. The lowest BCUT2D eigenvalue weighted by molar-refractivity contribution is 0.104. The Kier molecular flexibility index (Phi) is 6.91. The number of carbonyl (C=O) groups excluding carboxylic acids is 2. The second-order valence-electron chi connectivity index (χ2n) is 8.34.